The fraction of sp³-hybridized carbons (Fsp3) is 0.143. The number of ketones is 1. The average molecular weight is 380 g/mol. The number of rotatable bonds is 5. The summed E-state index contributed by atoms with van der Waals surface area (Å²) in [5.74, 6) is 0.433. The number of ether oxygens (including phenoxy) is 3. The van der Waals surface area contributed by atoms with Gasteiger partial charge in [0.2, 0.25) is 5.78 Å². The minimum atomic E-state index is -0.518. The summed E-state index contributed by atoms with van der Waals surface area (Å²) in [7, 11) is 1.49. The molecule has 0 N–H and O–H groups in total. The Hall–Kier alpha value is -3.12. The number of benzene rings is 2. The molecule has 0 aliphatic carbocycles. The zero-order valence-corrected chi connectivity index (χ0v) is 15.4. The number of para-hydroxylation sites is 2. The lowest BCUT2D eigenvalue weighted by Crippen LogP contribution is -2.14. The SMILES string of the molecule is COc1ccccc1C(=O)COC(=O)c1cc2c(s1)-c1ccccc1OC2. The van der Waals surface area contributed by atoms with Crippen LogP contribution in [0.2, 0.25) is 0 Å². The normalized spacial score (nSPS) is 11.7. The lowest BCUT2D eigenvalue weighted by Gasteiger charge is -2.16. The molecule has 2 aromatic carbocycles. The zero-order chi connectivity index (χ0) is 18.8. The number of hydrogen-bond acceptors (Lipinski definition) is 6. The lowest BCUT2D eigenvalue weighted by atomic mass is 10.1. The van der Waals surface area contributed by atoms with Gasteiger partial charge in [-0.25, -0.2) is 4.79 Å². The maximum Gasteiger partial charge on any atom is 0.348 e. The van der Waals surface area contributed by atoms with E-state index in [4.69, 9.17) is 14.2 Å². The molecule has 3 aromatic rings. The second-order valence-electron chi connectivity index (χ2n) is 5.95. The van der Waals surface area contributed by atoms with Crippen molar-refractivity contribution in [3.63, 3.8) is 0 Å². The molecule has 5 nitrogen and oxygen atoms in total. The highest BCUT2D eigenvalue weighted by Crippen LogP contribution is 2.42. The summed E-state index contributed by atoms with van der Waals surface area (Å²) in [5, 5.41) is 0. The second-order valence-corrected chi connectivity index (χ2v) is 7.00. The monoisotopic (exact) mass is 380 g/mol. The minimum Gasteiger partial charge on any atom is -0.496 e. The lowest BCUT2D eigenvalue weighted by molar-refractivity contribution is 0.0478. The fourth-order valence-electron chi connectivity index (χ4n) is 2.96. The molecule has 27 heavy (non-hydrogen) atoms. The van der Waals surface area contributed by atoms with Crippen molar-refractivity contribution in [2.24, 2.45) is 0 Å². The van der Waals surface area contributed by atoms with Crippen LogP contribution in [0.1, 0.15) is 25.6 Å². The van der Waals surface area contributed by atoms with Gasteiger partial charge in [0.25, 0.3) is 0 Å². The molecule has 0 saturated carbocycles. The Morgan fingerprint density at radius 3 is 2.74 bits per heavy atom. The molecular formula is C21H16O5S. The van der Waals surface area contributed by atoms with Gasteiger partial charge in [-0.2, -0.15) is 0 Å². The highest BCUT2D eigenvalue weighted by molar-refractivity contribution is 7.17. The summed E-state index contributed by atoms with van der Waals surface area (Å²) in [5.41, 5.74) is 2.30. The van der Waals surface area contributed by atoms with Gasteiger partial charge in [0.1, 0.15) is 23.0 Å². The summed E-state index contributed by atoms with van der Waals surface area (Å²) in [6, 6.07) is 16.3. The first-order valence-electron chi connectivity index (χ1n) is 8.35. The standard InChI is InChI=1S/C21H16O5S/c1-24-17-8-4-2-6-14(17)16(22)12-26-21(23)19-10-13-11-25-18-9-5-3-7-15(18)20(13)27-19/h2-10H,11-12H2,1H3. The number of methoxy groups -OCH3 is 1. The maximum atomic E-state index is 12.4. The van der Waals surface area contributed by atoms with Crippen molar-refractivity contribution in [2.75, 3.05) is 13.7 Å². The molecule has 136 valence electrons. The Balaban J connectivity index is 1.49. The van der Waals surface area contributed by atoms with Crippen LogP contribution in [0.15, 0.2) is 54.6 Å². The van der Waals surface area contributed by atoms with Crippen molar-refractivity contribution in [3.8, 4) is 21.9 Å². The Bertz CT molecular complexity index is 1020. The summed E-state index contributed by atoms with van der Waals surface area (Å²) >= 11 is 1.35. The van der Waals surface area contributed by atoms with Crippen molar-refractivity contribution < 1.29 is 23.8 Å². The van der Waals surface area contributed by atoms with Gasteiger partial charge in [0, 0.05) is 16.0 Å². The van der Waals surface area contributed by atoms with Crippen molar-refractivity contribution in [2.45, 2.75) is 6.61 Å². The van der Waals surface area contributed by atoms with E-state index in [1.54, 1.807) is 30.3 Å². The summed E-state index contributed by atoms with van der Waals surface area (Å²) in [6.07, 6.45) is 0. The predicted octanol–water partition coefficient (Wildman–Crippen LogP) is 4.36. The fourth-order valence-corrected chi connectivity index (χ4v) is 4.05. The first-order valence-corrected chi connectivity index (χ1v) is 9.17. The Morgan fingerprint density at radius 1 is 1.11 bits per heavy atom. The van der Waals surface area contributed by atoms with Crippen LogP contribution in [0.4, 0.5) is 0 Å². The molecule has 1 aliphatic heterocycles. The molecule has 0 spiro atoms. The van der Waals surface area contributed by atoms with Crippen molar-refractivity contribution in [1.29, 1.82) is 0 Å². The van der Waals surface area contributed by atoms with Crippen LogP contribution in [0.3, 0.4) is 0 Å². The second kappa shape index (κ2) is 7.25. The van der Waals surface area contributed by atoms with E-state index in [9.17, 15) is 9.59 Å². The van der Waals surface area contributed by atoms with Crippen LogP contribution in [0.5, 0.6) is 11.5 Å². The number of carbonyl (C=O) groups is 2. The summed E-state index contributed by atoms with van der Waals surface area (Å²) < 4.78 is 16.1. The van der Waals surface area contributed by atoms with Gasteiger partial charge in [-0.15, -0.1) is 11.3 Å². The van der Waals surface area contributed by atoms with E-state index >= 15 is 0 Å². The van der Waals surface area contributed by atoms with Gasteiger partial charge in [-0.1, -0.05) is 24.3 Å². The van der Waals surface area contributed by atoms with Crippen LogP contribution < -0.4 is 9.47 Å². The predicted molar refractivity (Wildman–Crippen MR) is 102 cm³/mol. The maximum absolute atomic E-state index is 12.4. The molecule has 1 aliphatic rings. The first-order chi connectivity index (χ1) is 13.2. The van der Waals surface area contributed by atoms with E-state index in [1.807, 2.05) is 24.3 Å². The first kappa shape index (κ1) is 17.3. The molecule has 0 amide bonds. The Labute approximate surface area is 160 Å². The third-order valence-electron chi connectivity index (χ3n) is 4.27. The van der Waals surface area contributed by atoms with Crippen molar-refractivity contribution in [1.82, 2.24) is 0 Å². The number of thiophene rings is 1. The van der Waals surface area contributed by atoms with Gasteiger partial charge in [0.05, 0.1) is 12.7 Å². The van der Waals surface area contributed by atoms with E-state index < -0.39 is 5.97 Å². The number of esters is 1. The molecular weight excluding hydrogens is 364 g/mol. The van der Waals surface area contributed by atoms with Gasteiger partial charge < -0.3 is 14.2 Å². The van der Waals surface area contributed by atoms with Crippen molar-refractivity contribution in [3.05, 3.63) is 70.6 Å². The average Bonchev–Trinajstić information content (AvgIpc) is 3.16. The molecule has 4 rings (SSSR count). The third kappa shape index (κ3) is 3.31. The van der Waals surface area contributed by atoms with E-state index in [0.717, 1.165) is 21.8 Å². The highest BCUT2D eigenvalue weighted by Gasteiger charge is 2.23. The molecule has 2 heterocycles. The smallest absolute Gasteiger partial charge is 0.348 e. The van der Waals surface area contributed by atoms with Crippen LogP contribution >= 0.6 is 11.3 Å². The van der Waals surface area contributed by atoms with Crippen molar-refractivity contribution >= 4 is 23.1 Å². The minimum absolute atomic E-state index is 0.309. The van der Waals surface area contributed by atoms with Gasteiger partial charge in [0.15, 0.2) is 6.61 Å². The Kier molecular flexibility index (Phi) is 4.64. The molecule has 0 atom stereocenters. The zero-order valence-electron chi connectivity index (χ0n) is 14.6. The quantitative estimate of drug-likeness (QED) is 0.486. The number of hydrogen-bond donors (Lipinski definition) is 0. The molecule has 0 bridgehead atoms. The summed E-state index contributed by atoms with van der Waals surface area (Å²) in [4.78, 5) is 26.2. The van der Waals surface area contributed by atoms with Crippen LogP contribution in [-0.2, 0) is 11.3 Å². The van der Waals surface area contributed by atoms with Gasteiger partial charge >= 0.3 is 5.97 Å². The number of carbonyl (C=O) groups excluding carboxylic acids is 2. The number of fused-ring (bicyclic) bond motifs is 3. The molecule has 6 heteroatoms. The molecule has 1 aromatic heterocycles. The van der Waals surface area contributed by atoms with E-state index in [1.165, 1.54) is 18.4 Å². The Morgan fingerprint density at radius 2 is 1.89 bits per heavy atom. The molecule has 0 saturated heterocycles. The summed E-state index contributed by atoms with van der Waals surface area (Å²) in [6.45, 7) is 0.0745. The van der Waals surface area contributed by atoms with E-state index in [-0.39, 0.29) is 12.4 Å². The van der Waals surface area contributed by atoms with Crippen LogP contribution in [0.25, 0.3) is 10.4 Å². The van der Waals surface area contributed by atoms with Gasteiger partial charge in [-0.05, 0) is 30.3 Å². The number of Topliss-reactive ketones (excluding diaryl/α,β-unsaturated/α-hetero) is 1. The third-order valence-corrected chi connectivity index (χ3v) is 5.46. The van der Waals surface area contributed by atoms with E-state index in [0.29, 0.717) is 22.8 Å². The highest BCUT2D eigenvalue weighted by atomic mass is 32.1. The van der Waals surface area contributed by atoms with Gasteiger partial charge in [-0.3, -0.25) is 4.79 Å². The topological polar surface area (TPSA) is 61.8 Å². The van der Waals surface area contributed by atoms with Crippen LogP contribution in [-0.4, -0.2) is 25.5 Å². The van der Waals surface area contributed by atoms with E-state index in [2.05, 4.69) is 0 Å². The molecule has 0 radical (unpaired) electrons. The van der Waals surface area contributed by atoms with Crippen LogP contribution in [0, 0.1) is 0 Å². The largest absolute Gasteiger partial charge is 0.496 e. The molecule has 0 unspecified atom stereocenters. The molecule has 0 fully saturated rings.